The van der Waals surface area contributed by atoms with Crippen molar-refractivity contribution in [1.29, 1.82) is 0 Å². The number of amides is 1. The first-order valence-corrected chi connectivity index (χ1v) is 12.0. The molecule has 1 saturated heterocycles. The Balaban J connectivity index is 1.49. The number of nitrogens with zero attached hydrogens (tertiary/aromatic N) is 1. The van der Waals surface area contributed by atoms with Gasteiger partial charge in [-0.1, -0.05) is 26.0 Å². The Morgan fingerprint density at radius 1 is 1.13 bits per heavy atom. The zero-order chi connectivity index (χ0) is 22.4. The smallest absolute Gasteiger partial charge is 0.256 e. The van der Waals surface area contributed by atoms with E-state index in [0.29, 0.717) is 50.8 Å². The lowest BCUT2D eigenvalue weighted by Gasteiger charge is -2.32. The van der Waals surface area contributed by atoms with Crippen LogP contribution in [0.3, 0.4) is 0 Å². The fourth-order valence-corrected chi connectivity index (χ4v) is 4.55. The van der Waals surface area contributed by atoms with Gasteiger partial charge < -0.3 is 9.64 Å². The maximum absolute atomic E-state index is 13.9. The van der Waals surface area contributed by atoms with Crippen molar-refractivity contribution in [3.8, 4) is 5.75 Å². The van der Waals surface area contributed by atoms with Crippen molar-refractivity contribution in [2.45, 2.75) is 31.6 Å². The van der Waals surface area contributed by atoms with Gasteiger partial charge >= 0.3 is 0 Å². The van der Waals surface area contributed by atoms with Gasteiger partial charge in [-0.2, -0.15) is 0 Å². The van der Waals surface area contributed by atoms with E-state index in [-0.39, 0.29) is 22.3 Å². The van der Waals surface area contributed by atoms with Crippen LogP contribution >= 0.6 is 0 Å². The summed E-state index contributed by atoms with van der Waals surface area (Å²) in [4.78, 5) is 14.3. The molecule has 31 heavy (non-hydrogen) atoms. The average molecular weight is 449 g/mol. The summed E-state index contributed by atoms with van der Waals surface area (Å²) < 4.78 is 47.3. The Morgan fingerprint density at radius 2 is 1.77 bits per heavy atom. The summed E-state index contributed by atoms with van der Waals surface area (Å²) in [7, 11) is -3.62. The normalized spacial score (nSPS) is 15.3. The van der Waals surface area contributed by atoms with Gasteiger partial charge in [0.05, 0.1) is 17.1 Å². The highest BCUT2D eigenvalue weighted by molar-refractivity contribution is 7.89. The molecule has 0 radical (unpaired) electrons. The van der Waals surface area contributed by atoms with Crippen LogP contribution < -0.4 is 9.46 Å². The summed E-state index contributed by atoms with van der Waals surface area (Å²) in [5.74, 6) is 0.297. The van der Waals surface area contributed by atoms with Crippen LogP contribution in [0.1, 0.15) is 37.0 Å². The second-order valence-electron chi connectivity index (χ2n) is 8.24. The maximum Gasteiger partial charge on any atom is 0.256 e. The number of nitrogens with one attached hydrogen (secondary N) is 1. The molecule has 1 heterocycles. The van der Waals surface area contributed by atoms with Gasteiger partial charge in [0, 0.05) is 19.6 Å². The van der Waals surface area contributed by atoms with Crippen LogP contribution in [0.2, 0.25) is 0 Å². The van der Waals surface area contributed by atoms with Crippen molar-refractivity contribution >= 4 is 15.9 Å². The number of carbonyl (C=O) groups is 1. The van der Waals surface area contributed by atoms with Crippen LogP contribution in [0.15, 0.2) is 53.4 Å². The Bertz CT molecular complexity index is 985. The van der Waals surface area contributed by atoms with Gasteiger partial charge in [-0.25, -0.2) is 17.5 Å². The van der Waals surface area contributed by atoms with Gasteiger partial charge in [0.2, 0.25) is 10.0 Å². The van der Waals surface area contributed by atoms with Gasteiger partial charge in [0.1, 0.15) is 11.6 Å². The van der Waals surface area contributed by atoms with E-state index in [0.717, 1.165) is 0 Å². The van der Waals surface area contributed by atoms with E-state index >= 15 is 0 Å². The molecule has 1 amide bonds. The average Bonchev–Trinajstić information content (AvgIpc) is 2.77. The zero-order valence-corrected chi connectivity index (χ0v) is 18.7. The molecule has 6 nitrogen and oxygen atoms in total. The maximum atomic E-state index is 13.9. The summed E-state index contributed by atoms with van der Waals surface area (Å²) in [5, 5.41) is 0. The first-order chi connectivity index (χ1) is 14.8. The molecule has 1 fully saturated rings. The largest absolute Gasteiger partial charge is 0.493 e. The highest BCUT2D eigenvalue weighted by Gasteiger charge is 2.26. The summed E-state index contributed by atoms with van der Waals surface area (Å²) in [6.07, 6.45) is 1.31. The molecular formula is C23H29FN2O4S. The highest BCUT2D eigenvalue weighted by atomic mass is 32.2. The molecule has 1 aliphatic heterocycles. The molecule has 168 valence electrons. The zero-order valence-electron chi connectivity index (χ0n) is 17.9. The van der Waals surface area contributed by atoms with E-state index in [1.165, 1.54) is 24.3 Å². The summed E-state index contributed by atoms with van der Waals surface area (Å²) in [6, 6.07) is 12.3. The molecular weight excluding hydrogens is 419 g/mol. The van der Waals surface area contributed by atoms with Gasteiger partial charge in [0.15, 0.2) is 0 Å². The van der Waals surface area contributed by atoms with Crippen LogP contribution in [0.5, 0.6) is 5.75 Å². The molecule has 1 N–H and O–H groups in total. The predicted octanol–water partition coefficient (Wildman–Crippen LogP) is 3.69. The number of hydrogen-bond donors (Lipinski definition) is 1. The molecule has 0 aliphatic carbocycles. The Hall–Kier alpha value is -2.45. The van der Waals surface area contributed by atoms with E-state index in [9.17, 15) is 17.6 Å². The number of rotatable bonds is 8. The Morgan fingerprint density at radius 3 is 2.39 bits per heavy atom. The molecule has 1 aliphatic rings. The summed E-state index contributed by atoms with van der Waals surface area (Å²) in [5.41, 5.74) is 0.0717. The third-order valence-corrected chi connectivity index (χ3v) is 6.72. The lowest BCUT2D eigenvalue weighted by atomic mass is 9.96. The van der Waals surface area contributed by atoms with Crippen molar-refractivity contribution < 1.29 is 22.3 Å². The topological polar surface area (TPSA) is 75.7 Å². The van der Waals surface area contributed by atoms with Gasteiger partial charge in [-0.15, -0.1) is 0 Å². The monoisotopic (exact) mass is 448 g/mol. The second kappa shape index (κ2) is 10.2. The van der Waals surface area contributed by atoms with Crippen LogP contribution in [0.4, 0.5) is 4.39 Å². The Kier molecular flexibility index (Phi) is 7.67. The molecule has 2 aromatic carbocycles. The summed E-state index contributed by atoms with van der Waals surface area (Å²) >= 11 is 0. The number of ether oxygens (including phenoxy) is 1. The molecule has 8 heteroatoms. The van der Waals surface area contributed by atoms with Crippen molar-refractivity contribution in [2.75, 3.05) is 26.2 Å². The first kappa shape index (κ1) is 23.2. The fraction of sp³-hybridized carbons (Fsp3) is 0.435. The van der Waals surface area contributed by atoms with Crippen LogP contribution in [-0.4, -0.2) is 45.5 Å². The van der Waals surface area contributed by atoms with Crippen molar-refractivity contribution in [2.24, 2.45) is 11.8 Å². The van der Waals surface area contributed by atoms with Crippen LogP contribution in [0.25, 0.3) is 0 Å². The van der Waals surface area contributed by atoms with Crippen LogP contribution in [-0.2, 0) is 10.0 Å². The molecule has 3 rings (SSSR count). The number of carbonyl (C=O) groups excluding carboxylic acids is 1. The van der Waals surface area contributed by atoms with E-state index in [4.69, 9.17) is 4.74 Å². The number of sulfonamides is 1. The third-order valence-electron chi connectivity index (χ3n) is 5.29. The summed E-state index contributed by atoms with van der Waals surface area (Å²) in [6.45, 7) is 5.91. The molecule has 0 bridgehead atoms. The van der Waals surface area contributed by atoms with Gasteiger partial charge in [-0.05, 0) is 61.1 Å². The van der Waals surface area contributed by atoms with Crippen molar-refractivity contribution in [1.82, 2.24) is 9.62 Å². The minimum Gasteiger partial charge on any atom is -0.493 e. The van der Waals surface area contributed by atoms with Gasteiger partial charge in [-0.3, -0.25) is 4.79 Å². The van der Waals surface area contributed by atoms with Crippen molar-refractivity contribution in [3.63, 3.8) is 0 Å². The third kappa shape index (κ3) is 6.27. The molecule has 0 unspecified atom stereocenters. The van der Waals surface area contributed by atoms with E-state index in [1.54, 1.807) is 29.2 Å². The first-order valence-electron chi connectivity index (χ1n) is 10.5. The highest BCUT2D eigenvalue weighted by Crippen LogP contribution is 2.21. The fourth-order valence-electron chi connectivity index (χ4n) is 3.43. The minimum atomic E-state index is -3.62. The second-order valence-corrected chi connectivity index (χ2v) is 10.0. The number of likely N-dealkylation sites (tertiary alicyclic amines) is 1. The molecule has 2 aromatic rings. The predicted molar refractivity (Wildman–Crippen MR) is 117 cm³/mol. The lowest BCUT2D eigenvalue weighted by molar-refractivity contribution is 0.0687. The minimum absolute atomic E-state index is 0.0717. The number of hydrogen-bond acceptors (Lipinski definition) is 4. The quantitative estimate of drug-likeness (QED) is 0.668. The molecule has 0 atom stereocenters. The van der Waals surface area contributed by atoms with E-state index < -0.39 is 15.8 Å². The number of halogens is 1. The molecule has 0 spiro atoms. The Labute approximate surface area is 183 Å². The number of benzene rings is 2. The molecule has 0 saturated carbocycles. The van der Waals surface area contributed by atoms with Crippen molar-refractivity contribution in [3.05, 3.63) is 59.9 Å². The standard InChI is InChI=1S/C23H29FN2O4S/c1-17(2)16-30-19-7-9-20(10-8-19)31(28,29)25-15-18-11-13-26(14-12-18)23(27)21-5-3-4-6-22(21)24/h3-10,17-18,25H,11-16H2,1-2H3. The number of piperidine rings is 1. The SMILES string of the molecule is CC(C)COc1ccc(S(=O)(=O)NCC2CCN(C(=O)c3ccccc3F)CC2)cc1. The lowest BCUT2D eigenvalue weighted by Crippen LogP contribution is -2.41. The van der Waals surface area contributed by atoms with E-state index in [1.807, 2.05) is 13.8 Å². The van der Waals surface area contributed by atoms with Gasteiger partial charge in [0.25, 0.3) is 5.91 Å². The van der Waals surface area contributed by atoms with E-state index in [2.05, 4.69) is 4.72 Å². The van der Waals surface area contributed by atoms with Crippen LogP contribution in [0, 0.1) is 17.7 Å². The molecule has 0 aromatic heterocycles.